The third-order valence-electron chi connectivity index (χ3n) is 4.32. The summed E-state index contributed by atoms with van der Waals surface area (Å²) in [6.07, 6.45) is 5.75. The number of carbonyl (C=O) groups excluding carboxylic acids is 2. The molecule has 0 aromatic carbocycles. The summed E-state index contributed by atoms with van der Waals surface area (Å²) >= 11 is 0. The Kier molecular flexibility index (Phi) is 7.68. The first kappa shape index (κ1) is 18.4. The van der Waals surface area contributed by atoms with Gasteiger partial charge in [-0.1, -0.05) is 6.07 Å². The zero-order valence-corrected chi connectivity index (χ0v) is 14.4. The molecule has 1 fully saturated rings. The Morgan fingerprint density at radius 2 is 2.29 bits per heavy atom. The highest BCUT2D eigenvalue weighted by Crippen LogP contribution is 2.17. The number of piperidine rings is 1. The third kappa shape index (κ3) is 5.92. The van der Waals surface area contributed by atoms with Gasteiger partial charge in [-0.2, -0.15) is 0 Å². The Labute approximate surface area is 143 Å². The van der Waals surface area contributed by atoms with Crippen molar-refractivity contribution in [3.05, 3.63) is 30.1 Å². The number of methoxy groups -OCH3 is 1. The number of carbonyl (C=O) groups is 2. The molecule has 0 aliphatic carbocycles. The second-order valence-electron chi connectivity index (χ2n) is 6.14. The predicted molar refractivity (Wildman–Crippen MR) is 91.4 cm³/mol. The molecule has 132 valence electrons. The van der Waals surface area contributed by atoms with E-state index in [1.54, 1.807) is 18.2 Å². The standard InChI is InChI=1S/C18H27N3O3/c1-24-13-12-21-14-15(8-9-17(21)22)18(23)20-11-5-3-7-16-6-2-4-10-19-16/h2,4,6,10,15H,3,5,7-9,11-14H2,1H3,(H,20,23). The molecule has 1 atom stereocenters. The number of amides is 2. The van der Waals surface area contributed by atoms with Gasteiger partial charge < -0.3 is 15.0 Å². The van der Waals surface area contributed by atoms with Gasteiger partial charge in [-0.3, -0.25) is 14.6 Å². The van der Waals surface area contributed by atoms with Crippen molar-refractivity contribution in [2.45, 2.75) is 32.1 Å². The number of aromatic nitrogens is 1. The van der Waals surface area contributed by atoms with Crippen LogP contribution in [0.3, 0.4) is 0 Å². The number of hydrogen-bond acceptors (Lipinski definition) is 4. The maximum Gasteiger partial charge on any atom is 0.224 e. The van der Waals surface area contributed by atoms with E-state index >= 15 is 0 Å². The molecule has 6 nitrogen and oxygen atoms in total. The van der Waals surface area contributed by atoms with Crippen molar-refractivity contribution in [2.75, 3.05) is 33.4 Å². The molecule has 2 amide bonds. The number of pyridine rings is 1. The van der Waals surface area contributed by atoms with Gasteiger partial charge in [0.15, 0.2) is 0 Å². The highest BCUT2D eigenvalue weighted by molar-refractivity contribution is 5.83. The number of aryl methyl sites for hydroxylation is 1. The monoisotopic (exact) mass is 333 g/mol. The molecule has 1 unspecified atom stereocenters. The molecule has 2 rings (SSSR count). The molecule has 24 heavy (non-hydrogen) atoms. The van der Waals surface area contributed by atoms with Crippen LogP contribution in [0.15, 0.2) is 24.4 Å². The largest absolute Gasteiger partial charge is 0.383 e. The molecule has 6 heteroatoms. The van der Waals surface area contributed by atoms with Crippen molar-refractivity contribution >= 4 is 11.8 Å². The summed E-state index contributed by atoms with van der Waals surface area (Å²) in [4.78, 5) is 30.1. The summed E-state index contributed by atoms with van der Waals surface area (Å²) in [6.45, 7) is 2.24. The minimum absolute atomic E-state index is 0.0581. The van der Waals surface area contributed by atoms with Crippen LogP contribution in [0.2, 0.25) is 0 Å². The van der Waals surface area contributed by atoms with E-state index in [1.807, 2.05) is 18.2 Å². The van der Waals surface area contributed by atoms with Gasteiger partial charge in [-0.15, -0.1) is 0 Å². The van der Waals surface area contributed by atoms with Gasteiger partial charge in [0.05, 0.1) is 12.5 Å². The minimum atomic E-state index is -0.102. The summed E-state index contributed by atoms with van der Waals surface area (Å²) in [5, 5.41) is 3.00. The van der Waals surface area contributed by atoms with Crippen molar-refractivity contribution in [3.8, 4) is 0 Å². The molecule has 1 aliphatic rings. The van der Waals surface area contributed by atoms with Gasteiger partial charge >= 0.3 is 0 Å². The highest BCUT2D eigenvalue weighted by Gasteiger charge is 2.29. The van der Waals surface area contributed by atoms with Gasteiger partial charge in [-0.05, 0) is 37.8 Å². The van der Waals surface area contributed by atoms with Crippen molar-refractivity contribution in [1.82, 2.24) is 15.2 Å². The van der Waals surface area contributed by atoms with Gasteiger partial charge in [-0.25, -0.2) is 0 Å². The van der Waals surface area contributed by atoms with Crippen LogP contribution in [-0.4, -0.2) is 55.0 Å². The number of rotatable bonds is 9. The molecule has 0 saturated carbocycles. The van der Waals surface area contributed by atoms with Crippen LogP contribution < -0.4 is 5.32 Å². The molecule has 1 N–H and O–H groups in total. The Bertz CT molecular complexity index is 522. The lowest BCUT2D eigenvalue weighted by molar-refractivity contribution is -0.138. The first-order chi connectivity index (χ1) is 11.7. The van der Waals surface area contributed by atoms with Crippen LogP contribution in [0, 0.1) is 5.92 Å². The molecular formula is C18H27N3O3. The van der Waals surface area contributed by atoms with E-state index in [1.165, 1.54) is 0 Å². The average Bonchev–Trinajstić information content (AvgIpc) is 2.61. The zero-order chi connectivity index (χ0) is 17.2. The minimum Gasteiger partial charge on any atom is -0.383 e. The maximum absolute atomic E-state index is 12.3. The first-order valence-corrected chi connectivity index (χ1v) is 8.65. The Morgan fingerprint density at radius 1 is 1.42 bits per heavy atom. The molecule has 2 heterocycles. The molecule has 0 bridgehead atoms. The molecule has 0 spiro atoms. The Balaban J connectivity index is 1.64. The lowest BCUT2D eigenvalue weighted by atomic mass is 9.96. The number of unbranched alkanes of at least 4 members (excludes halogenated alkanes) is 1. The van der Waals surface area contributed by atoms with Crippen molar-refractivity contribution in [1.29, 1.82) is 0 Å². The molecule has 0 radical (unpaired) electrons. The van der Waals surface area contributed by atoms with Crippen LogP contribution >= 0.6 is 0 Å². The fourth-order valence-corrected chi connectivity index (χ4v) is 2.88. The summed E-state index contributed by atoms with van der Waals surface area (Å²) in [6, 6.07) is 5.92. The fourth-order valence-electron chi connectivity index (χ4n) is 2.88. The summed E-state index contributed by atoms with van der Waals surface area (Å²) in [7, 11) is 1.61. The van der Waals surface area contributed by atoms with E-state index in [4.69, 9.17) is 4.74 Å². The molecule has 1 aromatic rings. The number of nitrogens with zero attached hydrogens (tertiary/aromatic N) is 2. The summed E-state index contributed by atoms with van der Waals surface area (Å²) in [5.74, 6) is 0.0737. The van der Waals surface area contributed by atoms with Crippen molar-refractivity contribution in [2.24, 2.45) is 5.92 Å². The van der Waals surface area contributed by atoms with Crippen LogP contribution in [0.5, 0.6) is 0 Å². The van der Waals surface area contributed by atoms with E-state index < -0.39 is 0 Å². The number of likely N-dealkylation sites (tertiary alicyclic amines) is 1. The zero-order valence-electron chi connectivity index (χ0n) is 14.4. The van der Waals surface area contributed by atoms with E-state index in [0.717, 1.165) is 25.0 Å². The van der Waals surface area contributed by atoms with Crippen molar-refractivity contribution in [3.63, 3.8) is 0 Å². The van der Waals surface area contributed by atoms with E-state index in [0.29, 0.717) is 39.1 Å². The maximum atomic E-state index is 12.3. The second-order valence-corrected chi connectivity index (χ2v) is 6.14. The van der Waals surface area contributed by atoms with Gasteiger partial charge in [0.2, 0.25) is 11.8 Å². The second kappa shape index (κ2) is 10.0. The molecule has 1 aromatic heterocycles. The third-order valence-corrected chi connectivity index (χ3v) is 4.32. The van der Waals surface area contributed by atoms with Crippen LogP contribution in [0.1, 0.15) is 31.4 Å². The smallest absolute Gasteiger partial charge is 0.224 e. The quantitative estimate of drug-likeness (QED) is 0.694. The number of hydrogen-bond donors (Lipinski definition) is 1. The Morgan fingerprint density at radius 3 is 3.04 bits per heavy atom. The van der Waals surface area contributed by atoms with Gasteiger partial charge in [0.25, 0.3) is 0 Å². The molecule has 1 saturated heterocycles. The number of ether oxygens (including phenoxy) is 1. The van der Waals surface area contributed by atoms with E-state index in [9.17, 15) is 9.59 Å². The normalized spacial score (nSPS) is 17.8. The average molecular weight is 333 g/mol. The van der Waals surface area contributed by atoms with Crippen LogP contribution in [-0.2, 0) is 20.7 Å². The topological polar surface area (TPSA) is 71.5 Å². The molecular weight excluding hydrogens is 306 g/mol. The fraction of sp³-hybridized carbons (Fsp3) is 0.611. The Hall–Kier alpha value is -1.95. The van der Waals surface area contributed by atoms with E-state index in [2.05, 4.69) is 10.3 Å². The number of nitrogens with one attached hydrogen (secondary N) is 1. The van der Waals surface area contributed by atoms with Crippen molar-refractivity contribution < 1.29 is 14.3 Å². The van der Waals surface area contributed by atoms with Crippen LogP contribution in [0.4, 0.5) is 0 Å². The van der Waals surface area contributed by atoms with Gasteiger partial charge in [0, 0.05) is 45.1 Å². The summed E-state index contributed by atoms with van der Waals surface area (Å²) in [5.41, 5.74) is 1.09. The lowest BCUT2D eigenvalue weighted by Gasteiger charge is -2.31. The van der Waals surface area contributed by atoms with E-state index in [-0.39, 0.29) is 17.7 Å². The SMILES string of the molecule is COCCN1CC(C(=O)NCCCCc2ccccn2)CCC1=O. The highest BCUT2D eigenvalue weighted by atomic mass is 16.5. The predicted octanol–water partition coefficient (Wildman–Crippen LogP) is 1.41. The molecule has 1 aliphatic heterocycles. The van der Waals surface area contributed by atoms with Gasteiger partial charge in [0.1, 0.15) is 0 Å². The lowest BCUT2D eigenvalue weighted by Crippen LogP contribution is -2.46. The van der Waals surface area contributed by atoms with Crippen LogP contribution in [0.25, 0.3) is 0 Å². The first-order valence-electron chi connectivity index (χ1n) is 8.65. The summed E-state index contributed by atoms with van der Waals surface area (Å²) < 4.78 is 5.02.